The smallest absolute Gasteiger partial charge is 0.433 e. The molecule has 0 amide bonds. The van der Waals surface area contributed by atoms with Crippen molar-refractivity contribution in [3.05, 3.63) is 89.6 Å². The molecule has 0 spiro atoms. The van der Waals surface area contributed by atoms with Crippen molar-refractivity contribution in [2.24, 2.45) is 11.8 Å². The van der Waals surface area contributed by atoms with Gasteiger partial charge in [0.15, 0.2) is 0 Å². The summed E-state index contributed by atoms with van der Waals surface area (Å²) in [5.74, 6) is -0.0565. The van der Waals surface area contributed by atoms with E-state index >= 15 is 0 Å². The second-order valence-electron chi connectivity index (χ2n) is 10.0. The third-order valence-corrected chi connectivity index (χ3v) is 7.18. The molecule has 4 aromatic rings. The Balaban J connectivity index is 1.23. The van der Waals surface area contributed by atoms with Crippen LogP contribution in [0.2, 0.25) is 0 Å². The molecular weight excluding hydrogens is 537 g/mol. The molecule has 5 rings (SSSR count). The minimum atomic E-state index is -4.59. The van der Waals surface area contributed by atoms with Crippen molar-refractivity contribution in [1.82, 2.24) is 15.0 Å². The molecule has 2 unspecified atom stereocenters. The van der Waals surface area contributed by atoms with Gasteiger partial charge in [0.2, 0.25) is 11.8 Å². The zero-order chi connectivity index (χ0) is 29.0. The van der Waals surface area contributed by atoms with Gasteiger partial charge in [-0.15, -0.1) is 0 Å². The van der Waals surface area contributed by atoms with Crippen LogP contribution in [-0.2, 0) is 23.8 Å². The number of benzene rings is 2. The highest BCUT2D eigenvalue weighted by Gasteiger charge is 2.37. The molecule has 0 saturated carbocycles. The Morgan fingerprint density at radius 1 is 1.12 bits per heavy atom. The summed E-state index contributed by atoms with van der Waals surface area (Å²) in [4.78, 5) is 25.9. The Morgan fingerprint density at radius 3 is 2.68 bits per heavy atom. The van der Waals surface area contributed by atoms with Gasteiger partial charge in [-0.3, -0.25) is 4.79 Å². The number of ether oxygens (including phenoxy) is 1. The molecule has 1 aliphatic heterocycles. The van der Waals surface area contributed by atoms with Crippen molar-refractivity contribution in [2.45, 2.75) is 32.4 Å². The fourth-order valence-electron chi connectivity index (χ4n) is 5.10. The predicted molar refractivity (Wildman–Crippen MR) is 145 cm³/mol. The lowest BCUT2D eigenvalue weighted by atomic mass is 9.81. The Labute approximate surface area is 234 Å². The third-order valence-electron chi connectivity index (χ3n) is 7.18. The van der Waals surface area contributed by atoms with Gasteiger partial charge >= 0.3 is 12.1 Å². The highest BCUT2D eigenvalue weighted by molar-refractivity contribution is 5.71. The zero-order valence-corrected chi connectivity index (χ0v) is 22.3. The SMILES string of the molecule is Cc1oc(-c2ccccc2)nc1CCOc1cccc(CC2CN(c3nccc(C(F)(F)F)n3)CCC2C(=O)O)c1. The lowest BCUT2D eigenvalue weighted by Crippen LogP contribution is -2.45. The average molecular weight is 567 g/mol. The quantitative estimate of drug-likeness (QED) is 0.269. The second-order valence-corrected chi connectivity index (χ2v) is 10.0. The van der Waals surface area contributed by atoms with Crippen molar-refractivity contribution in [3.8, 4) is 17.2 Å². The fourth-order valence-corrected chi connectivity index (χ4v) is 5.10. The third kappa shape index (κ3) is 6.85. The van der Waals surface area contributed by atoms with Crippen LogP contribution in [0.5, 0.6) is 5.75 Å². The van der Waals surface area contributed by atoms with Gasteiger partial charge in [-0.05, 0) is 61.6 Å². The number of alkyl halides is 3. The van der Waals surface area contributed by atoms with Crippen LogP contribution < -0.4 is 9.64 Å². The summed E-state index contributed by atoms with van der Waals surface area (Å²) < 4.78 is 51.3. The van der Waals surface area contributed by atoms with Gasteiger partial charge in [0.25, 0.3) is 0 Å². The summed E-state index contributed by atoms with van der Waals surface area (Å²) in [5, 5.41) is 9.83. The first-order valence-electron chi connectivity index (χ1n) is 13.3. The van der Waals surface area contributed by atoms with Gasteiger partial charge in [0.05, 0.1) is 18.2 Å². The fraction of sp³-hybridized carbons (Fsp3) is 0.333. The first-order valence-corrected chi connectivity index (χ1v) is 13.3. The van der Waals surface area contributed by atoms with E-state index in [2.05, 4.69) is 15.0 Å². The first-order chi connectivity index (χ1) is 19.7. The number of carbonyl (C=O) groups is 1. The van der Waals surface area contributed by atoms with Crippen LogP contribution in [0.25, 0.3) is 11.5 Å². The van der Waals surface area contributed by atoms with E-state index < -0.39 is 23.8 Å². The normalized spacial score (nSPS) is 17.4. The number of aliphatic carboxylic acids is 1. The summed E-state index contributed by atoms with van der Waals surface area (Å²) in [6, 6.07) is 17.9. The molecular formula is C30H29F3N4O4. The molecule has 41 heavy (non-hydrogen) atoms. The van der Waals surface area contributed by atoms with Crippen molar-refractivity contribution in [3.63, 3.8) is 0 Å². The minimum Gasteiger partial charge on any atom is -0.493 e. The molecule has 8 nitrogen and oxygen atoms in total. The van der Waals surface area contributed by atoms with Crippen molar-refractivity contribution in [1.29, 1.82) is 0 Å². The summed E-state index contributed by atoms with van der Waals surface area (Å²) >= 11 is 0. The van der Waals surface area contributed by atoms with E-state index in [9.17, 15) is 23.1 Å². The van der Waals surface area contributed by atoms with Gasteiger partial charge in [-0.25, -0.2) is 15.0 Å². The Kier molecular flexibility index (Phi) is 8.23. The number of anilines is 1. The van der Waals surface area contributed by atoms with Gasteiger partial charge in [0.1, 0.15) is 17.2 Å². The van der Waals surface area contributed by atoms with Crippen LogP contribution in [0, 0.1) is 18.8 Å². The number of carboxylic acid groups (broad SMARTS) is 1. The van der Waals surface area contributed by atoms with Crippen LogP contribution in [0.4, 0.5) is 19.1 Å². The number of hydrogen-bond donors (Lipinski definition) is 1. The van der Waals surface area contributed by atoms with Gasteiger partial charge < -0.3 is 19.2 Å². The Hall–Kier alpha value is -4.41. The minimum absolute atomic E-state index is 0.0516. The van der Waals surface area contributed by atoms with Crippen LogP contribution in [0.15, 0.2) is 71.3 Å². The average Bonchev–Trinajstić information content (AvgIpc) is 3.33. The first kappa shape index (κ1) is 28.1. The molecule has 2 aromatic carbocycles. The van der Waals surface area contributed by atoms with E-state index in [1.54, 1.807) is 4.90 Å². The molecule has 214 valence electrons. The number of rotatable bonds is 9. The molecule has 0 bridgehead atoms. The number of nitrogens with zero attached hydrogens (tertiary/aromatic N) is 4. The number of oxazole rings is 1. The molecule has 1 N–H and O–H groups in total. The van der Waals surface area contributed by atoms with E-state index in [4.69, 9.17) is 9.15 Å². The molecule has 1 saturated heterocycles. The molecule has 0 aliphatic carbocycles. The number of aromatic nitrogens is 3. The summed E-state index contributed by atoms with van der Waals surface area (Å²) in [6.45, 7) is 2.71. The maximum absolute atomic E-state index is 13.2. The Morgan fingerprint density at radius 2 is 1.93 bits per heavy atom. The Bertz CT molecular complexity index is 1490. The van der Waals surface area contributed by atoms with E-state index in [1.165, 1.54) is 0 Å². The molecule has 3 heterocycles. The maximum atomic E-state index is 13.2. The van der Waals surface area contributed by atoms with E-state index in [1.807, 2.05) is 61.5 Å². The van der Waals surface area contributed by atoms with E-state index in [-0.39, 0.29) is 31.4 Å². The highest BCUT2D eigenvalue weighted by Crippen LogP contribution is 2.32. The predicted octanol–water partition coefficient (Wildman–Crippen LogP) is 5.85. The lowest BCUT2D eigenvalue weighted by molar-refractivity contribution is -0.144. The van der Waals surface area contributed by atoms with Gasteiger partial charge in [-0.2, -0.15) is 13.2 Å². The van der Waals surface area contributed by atoms with Gasteiger partial charge in [-0.1, -0.05) is 30.3 Å². The van der Waals surface area contributed by atoms with Crippen molar-refractivity contribution >= 4 is 11.9 Å². The highest BCUT2D eigenvalue weighted by atomic mass is 19.4. The zero-order valence-electron chi connectivity index (χ0n) is 22.3. The van der Waals surface area contributed by atoms with Crippen molar-refractivity contribution < 1.29 is 32.2 Å². The topological polar surface area (TPSA) is 102 Å². The number of piperidine rings is 1. The van der Waals surface area contributed by atoms with Crippen LogP contribution in [0.1, 0.15) is 29.1 Å². The maximum Gasteiger partial charge on any atom is 0.433 e. The second kappa shape index (κ2) is 12.0. The molecule has 0 radical (unpaired) electrons. The van der Waals surface area contributed by atoms with E-state index in [0.29, 0.717) is 31.1 Å². The van der Waals surface area contributed by atoms with Gasteiger partial charge in [0, 0.05) is 31.3 Å². The molecule has 2 atom stereocenters. The summed E-state index contributed by atoms with van der Waals surface area (Å²) in [7, 11) is 0. The molecule has 1 aliphatic rings. The number of carboxylic acids is 1. The monoisotopic (exact) mass is 566 g/mol. The number of hydrogen-bond acceptors (Lipinski definition) is 7. The molecule has 11 heteroatoms. The van der Waals surface area contributed by atoms with Crippen LogP contribution in [-0.4, -0.2) is 45.7 Å². The van der Waals surface area contributed by atoms with Crippen molar-refractivity contribution in [2.75, 3.05) is 24.6 Å². The standard InChI is InChI=1S/C30H29F3N4O4/c1-19-25(35-27(41-19)21-7-3-2-4-8-21)12-15-40-23-9-5-6-20(17-23)16-22-18-37(14-11-24(22)28(38)39)29-34-13-10-26(36-29)30(31,32)33/h2-10,13,17,22,24H,11-12,14-16,18H2,1H3,(H,38,39). The number of aryl methyl sites for hydroxylation is 1. The molecule has 2 aromatic heterocycles. The van der Waals surface area contributed by atoms with Crippen LogP contribution >= 0.6 is 0 Å². The number of halogens is 3. The van der Waals surface area contributed by atoms with E-state index in [0.717, 1.165) is 34.8 Å². The molecule has 1 fully saturated rings. The largest absolute Gasteiger partial charge is 0.493 e. The summed E-state index contributed by atoms with van der Waals surface area (Å²) in [5.41, 5.74) is 1.55. The lowest BCUT2D eigenvalue weighted by Gasteiger charge is -2.37. The van der Waals surface area contributed by atoms with Crippen LogP contribution in [0.3, 0.4) is 0 Å². The summed E-state index contributed by atoms with van der Waals surface area (Å²) in [6.07, 6.45) is -2.28.